The average molecular weight is 451 g/mol. The number of nitrogen functional groups attached to an aromatic ring is 1. The van der Waals surface area contributed by atoms with Crippen LogP contribution in [0.2, 0.25) is 0 Å². The van der Waals surface area contributed by atoms with Crippen molar-refractivity contribution in [1.29, 1.82) is 0 Å². The summed E-state index contributed by atoms with van der Waals surface area (Å²) in [6, 6.07) is 0. The van der Waals surface area contributed by atoms with Gasteiger partial charge in [-0.3, -0.25) is 18.9 Å². The Morgan fingerprint density at radius 3 is 2.72 bits per heavy atom. The molecule has 1 fully saturated rings. The van der Waals surface area contributed by atoms with Gasteiger partial charge in [0.05, 0.1) is 12.9 Å². The zero-order chi connectivity index (χ0) is 21.6. The van der Waals surface area contributed by atoms with Crippen LogP contribution in [-0.4, -0.2) is 64.4 Å². The topological polar surface area (TPSA) is 232 Å². The SMILES string of the molecule is C#CP(=O)(O)OP(=O)(O)OC[C@H]1O[C@@H](n2cnc3c(=O)[nH]c(N)nc32)[C@@H](O)C1O. The van der Waals surface area contributed by atoms with Crippen LogP contribution in [0.1, 0.15) is 6.23 Å². The van der Waals surface area contributed by atoms with Gasteiger partial charge in [0.15, 0.2) is 17.4 Å². The van der Waals surface area contributed by atoms with Crippen molar-refractivity contribution < 1.29 is 42.7 Å². The molecule has 1 aliphatic heterocycles. The number of imidazole rings is 1. The smallest absolute Gasteiger partial charge is 0.387 e. The van der Waals surface area contributed by atoms with Crippen LogP contribution in [0.5, 0.6) is 0 Å². The maximum atomic E-state index is 11.8. The first kappa shape index (κ1) is 21.6. The molecule has 29 heavy (non-hydrogen) atoms. The van der Waals surface area contributed by atoms with Gasteiger partial charge in [0.1, 0.15) is 18.3 Å². The molecule has 1 aliphatic rings. The molecule has 0 spiro atoms. The highest BCUT2D eigenvalue weighted by Crippen LogP contribution is 2.59. The van der Waals surface area contributed by atoms with Crippen LogP contribution in [0.25, 0.3) is 11.2 Å². The van der Waals surface area contributed by atoms with Crippen molar-refractivity contribution in [2.24, 2.45) is 0 Å². The molecule has 0 bridgehead atoms. The minimum Gasteiger partial charge on any atom is -0.387 e. The number of phosphoric ester groups is 1. The number of anilines is 1. The molecular weight excluding hydrogens is 436 g/mol. The van der Waals surface area contributed by atoms with Gasteiger partial charge in [-0.2, -0.15) is 9.29 Å². The Labute approximate surface area is 161 Å². The maximum Gasteiger partial charge on any atom is 0.480 e. The fourth-order valence-electron chi connectivity index (χ4n) is 2.58. The molecule has 3 rings (SSSR count). The molecule has 1 saturated heterocycles. The van der Waals surface area contributed by atoms with Gasteiger partial charge in [0, 0.05) is 5.66 Å². The summed E-state index contributed by atoms with van der Waals surface area (Å²) in [5.41, 5.74) is 5.99. The lowest BCUT2D eigenvalue weighted by Crippen LogP contribution is -2.33. The lowest BCUT2D eigenvalue weighted by atomic mass is 10.1. The highest BCUT2D eigenvalue weighted by molar-refractivity contribution is 7.67. The summed E-state index contributed by atoms with van der Waals surface area (Å²) < 4.78 is 37.9. The van der Waals surface area contributed by atoms with E-state index in [4.69, 9.17) is 15.4 Å². The van der Waals surface area contributed by atoms with Crippen LogP contribution < -0.4 is 11.3 Å². The van der Waals surface area contributed by atoms with Crippen LogP contribution in [0, 0.1) is 12.1 Å². The van der Waals surface area contributed by atoms with Gasteiger partial charge in [-0.25, -0.2) is 14.1 Å². The summed E-state index contributed by atoms with van der Waals surface area (Å²) in [4.78, 5) is 40.3. The summed E-state index contributed by atoms with van der Waals surface area (Å²) in [7, 11) is -9.88. The third-order valence-corrected chi connectivity index (χ3v) is 6.35. The Bertz CT molecular complexity index is 1120. The largest absolute Gasteiger partial charge is 0.480 e. The Balaban J connectivity index is 1.78. The van der Waals surface area contributed by atoms with E-state index in [9.17, 15) is 29.0 Å². The molecule has 158 valence electrons. The summed E-state index contributed by atoms with van der Waals surface area (Å²) in [5.74, 6) is -0.225. The van der Waals surface area contributed by atoms with E-state index in [-0.39, 0.29) is 17.1 Å². The first-order valence-electron chi connectivity index (χ1n) is 7.67. The summed E-state index contributed by atoms with van der Waals surface area (Å²) >= 11 is 0. The summed E-state index contributed by atoms with van der Waals surface area (Å²) in [6.07, 6.45) is -0.0896. The third-order valence-electron chi connectivity index (χ3n) is 3.84. The molecule has 3 heterocycles. The number of aliphatic hydroxyl groups excluding tert-OH is 2. The van der Waals surface area contributed by atoms with Gasteiger partial charge in [-0.1, -0.05) is 0 Å². The van der Waals surface area contributed by atoms with Gasteiger partial charge < -0.3 is 30.5 Å². The maximum absolute atomic E-state index is 11.8. The van der Waals surface area contributed by atoms with E-state index in [1.165, 1.54) is 5.66 Å². The molecule has 3 unspecified atom stereocenters. The first-order chi connectivity index (χ1) is 13.4. The highest BCUT2D eigenvalue weighted by atomic mass is 31.3. The quantitative estimate of drug-likeness (QED) is 0.211. The number of aliphatic hydroxyl groups is 2. The van der Waals surface area contributed by atoms with E-state index in [1.807, 2.05) is 0 Å². The second-order valence-corrected chi connectivity index (χ2v) is 8.96. The van der Waals surface area contributed by atoms with Crippen molar-refractivity contribution in [3.63, 3.8) is 0 Å². The Morgan fingerprint density at radius 1 is 1.38 bits per heavy atom. The van der Waals surface area contributed by atoms with Crippen molar-refractivity contribution in [3.8, 4) is 12.1 Å². The number of ether oxygens (including phenoxy) is 1. The summed E-state index contributed by atoms with van der Waals surface area (Å²) in [6.45, 7) is -0.824. The van der Waals surface area contributed by atoms with Crippen molar-refractivity contribution in [1.82, 2.24) is 19.5 Å². The van der Waals surface area contributed by atoms with Crippen molar-refractivity contribution in [3.05, 3.63) is 16.7 Å². The number of nitrogens with one attached hydrogen (secondary N) is 1. The number of hydrogen-bond donors (Lipinski definition) is 6. The minimum atomic E-state index is -5.08. The summed E-state index contributed by atoms with van der Waals surface area (Å²) in [5, 5.41) is 20.4. The molecule has 7 N–H and O–H groups in total. The second-order valence-electron chi connectivity index (χ2n) is 5.82. The lowest BCUT2D eigenvalue weighted by molar-refractivity contribution is -0.0501. The van der Waals surface area contributed by atoms with E-state index >= 15 is 0 Å². The molecule has 2 aromatic rings. The number of aromatic nitrogens is 4. The van der Waals surface area contributed by atoms with Crippen LogP contribution in [0.15, 0.2) is 11.1 Å². The van der Waals surface area contributed by atoms with Gasteiger partial charge in [-0.15, -0.1) is 6.42 Å². The number of fused-ring (bicyclic) bond motifs is 1. The Kier molecular flexibility index (Phi) is 5.67. The van der Waals surface area contributed by atoms with E-state index in [1.54, 1.807) is 0 Å². The molecule has 0 radical (unpaired) electrons. The van der Waals surface area contributed by atoms with Crippen molar-refractivity contribution in [2.45, 2.75) is 24.5 Å². The number of phosphoric acid groups is 1. The Hall–Kier alpha value is -2.11. The molecule has 0 aliphatic carbocycles. The van der Waals surface area contributed by atoms with Gasteiger partial charge in [0.25, 0.3) is 5.56 Å². The van der Waals surface area contributed by atoms with E-state index in [2.05, 4.69) is 30.2 Å². The number of H-pyrrole nitrogens is 1. The number of rotatable bonds is 6. The molecule has 6 atom stereocenters. The second kappa shape index (κ2) is 7.62. The standard InChI is InChI=1S/C12H15N5O10P2/c1-2-28(21,22)27-29(23,24)25-3-5-7(18)8(19)11(26-5)17-4-14-6-9(17)15-12(13)16-10(6)20/h1,4-5,7-8,11,18-19H,3H2,(H,21,22)(H,23,24)(H3,13,15,16,20)/t5-,7?,8+,11-/m1/s1. The highest BCUT2D eigenvalue weighted by Gasteiger charge is 2.46. The first-order valence-corrected chi connectivity index (χ1v) is 10.7. The number of aromatic amines is 1. The zero-order valence-corrected chi connectivity index (χ0v) is 16.0. The molecule has 17 heteroatoms. The van der Waals surface area contributed by atoms with Crippen LogP contribution >= 0.6 is 15.4 Å². The van der Waals surface area contributed by atoms with E-state index < -0.39 is 52.1 Å². The Morgan fingerprint density at radius 2 is 2.07 bits per heavy atom. The minimum absolute atomic E-state index is 0.0459. The predicted octanol–water partition coefficient (Wildman–Crippen LogP) is -1.77. The molecule has 15 nitrogen and oxygen atoms in total. The van der Waals surface area contributed by atoms with Crippen molar-refractivity contribution >= 4 is 32.5 Å². The van der Waals surface area contributed by atoms with Gasteiger partial charge in [-0.05, 0) is 0 Å². The van der Waals surface area contributed by atoms with Gasteiger partial charge >= 0.3 is 15.4 Å². The van der Waals surface area contributed by atoms with Crippen molar-refractivity contribution in [2.75, 3.05) is 12.3 Å². The van der Waals surface area contributed by atoms with E-state index in [0.29, 0.717) is 0 Å². The van der Waals surface area contributed by atoms with Crippen LogP contribution in [0.3, 0.4) is 0 Å². The zero-order valence-electron chi connectivity index (χ0n) is 14.2. The molecule has 0 aromatic carbocycles. The van der Waals surface area contributed by atoms with Crippen LogP contribution in [0.4, 0.5) is 5.95 Å². The number of hydrogen-bond acceptors (Lipinski definition) is 11. The number of nitrogens with two attached hydrogens (primary N) is 1. The van der Waals surface area contributed by atoms with Gasteiger partial charge in [0.2, 0.25) is 5.95 Å². The molecule has 0 amide bonds. The molecular formula is C12H15N5O10P2. The third kappa shape index (κ3) is 4.41. The predicted molar refractivity (Wildman–Crippen MR) is 94.0 cm³/mol. The molecule has 2 aromatic heterocycles. The molecule has 0 saturated carbocycles. The average Bonchev–Trinajstić information content (AvgIpc) is 3.15. The normalized spacial score (nSPS) is 28.7. The monoisotopic (exact) mass is 451 g/mol. The van der Waals surface area contributed by atoms with E-state index in [0.717, 1.165) is 10.9 Å². The fraction of sp³-hybridized carbons (Fsp3) is 0.417. The fourth-order valence-corrected chi connectivity index (χ4v) is 4.41. The lowest BCUT2D eigenvalue weighted by Gasteiger charge is -2.18. The number of nitrogens with zero attached hydrogens (tertiary/aromatic N) is 3. The number of terminal acetylenes is 1. The van der Waals surface area contributed by atoms with Crippen LogP contribution in [-0.2, 0) is 22.7 Å².